The molecule has 0 aromatic carbocycles. The molecule has 0 aromatic heterocycles. The molecule has 0 rings (SSSR count). The maximum absolute atomic E-state index is 11.6. The fourth-order valence-corrected chi connectivity index (χ4v) is 1.35. The molecule has 4 heteroatoms. The molecule has 0 spiro atoms. The lowest BCUT2D eigenvalue weighted by Gasteiger charge is -2.21. The van der Waals surface area contributed by atoms with Crippen LogP contribution in [0, 0.1) is 11.8 Å². The van der Waals surface area contributed by atoms with E-state index < -0.39 is 0 Å². The molecule has 2 atom stereocenters. The second-order valence-corrected chi connectivity index (χ2v) is 4.31. The van der Waals surface area contributed by atoms with Gasteiger partial charge in [0, 0.05) is 6.42 Å². The number of aliphatic hydroxyl groups excluding tert-OH is 1. The van der Waals surface area contributed by atoms with Crippen LogP contribution in [0.1, 0.15) is 33.6 Å². The Balaban J connectivity index is 4.00. The van der Waals surface area contributed by atoms with E-state index in [9.17, 15) is 4.79 Å². The average molecular weight is 216 g/mol. The Hall–Kier alpha value is -0.610. The van der Waals surface area contributed by atoms with E-state index in [-0.39, 0.29) is 30.4 Å². The Bertz CT molecular complexity index is 179. The van der Waals surface area contributed by atoms with Crippen molar-refractivity contribution in [2.45, 2.75) is 39.7 Å². The third-order valence-electron chi connectivity index (χ3n) is 2.73. The van der Waals surface area contributed by atoms with Gasteiger partial charge < -0.3 is 16.2 Å². The topological polar surface area (TPSA) is 75.4 Å². The normalized spacial score (nSPS) is 15.1. The molecule has 0 saturated carbocycles. The summed E-state index contributed by atoms with van der Waals surface area (Å²) in [5.74, 6) is 0.480. The first-order valence-corrected chi connectivity index (χ1v) is 5.65. The Labute approximate surface area is 92.2 Å². The van der Waals surface area contributed by atoms with Crippen LogP contribution in [0.25, 0.3) is 0 Å². The highest BCUT2D eigenvalue weighted by atomic mass is 16.3. The minimum atomic E-state index is -0.146. The molecule has 4 N–H and O–H groups in total. The van der Waals surface area contributed by atoms with E-state index >= 15 is 0 Å². The monoisotopic (exact) mass is 216 g/mol. The zero-order chi connectivity index (χ0) is 11.8. The summed E-state index contributed by atoms with van der Waals surface area (Å²) in [5, 5.41) is 11.9. The van der Waals surface area contributed by atoms with Gasteiger partial charge in [0.2, 0.25) is 5.91 Å². The first-order valence-electron chi connectivity index (χ1n) is 5.65. The van der Waals surface area contributed by atoms with Crippen molar-refractivity contribution in [2.75, 3.05) is 13.2 Å². The third kappa shape index (κ3) is 5.74. The number of carbonyl (C=O) groups is 1. The van der Waals surface area contributed by atoms with E-state index in [4.69, 9.17) is 10.8 Å². The number of nitrogens with one attached hydrogen (secondary N) is 1. The lowest BCUT2D eigenvalue weighted by atomic mass is 10.0. The highest BCUT2D eigenvalue weighted by molar-refractivity contribution is 5.76. The molecule has 0 aromatic rings. The van der Waals surface area contributed by atoms with Crippen LogP contribution in [0.5, 0.6) is 0 Å². The van der Waals surface area contributed by atoms with Crippen molar-refractivity contribution in [3.05, 3.63) is 0 Å². The molecule has 0 aliphatic carbocycles. The summed E-state index contributed by atoms with van der Waals surface area (Å²) in [6, 6.07) is -0.146. The van der Waals surface area contributed by atoms with Gasteiger partial charge in [-0.3, -0.25) is 4.79 Å². The van der Waals surface area contributed by atoms with Gasteiger partial charge in [0.1, 0.15) is 0 Å². The lowest BCUT2D eigenvalue weighted by Crippen LogP contribution is -2.42. The number of hydrogen-bond acceptors (Lipinski definition) is 3. The lowest BCUT2D eigenvalue weighted by molar-refractivity contribution is -0.123. The van der Waals surface area contributed by atoms with Crippen LogP contribution in [0.4, 0.5) is 0 Å². The second kappa shape index (κ2) is 7.65. The molecule has 0 bridgehead atoms. The molecular formula is C11H24N2O2. The van der Waals surface area contributed by atoms with Crippen molar-refractivity contribution in [1.29, 1.82) is 0 Å². The zero-order valence-corrected chi connectivity index (χ0v) is 9.99. The number of rotatable bonds is 7. The van der Waals surface area contributed by atoms with Crippen molar-refractivity contribution in [3.8, 4) is 0 Å². The van der Waals surface area contributed by atoms with Crippen LogP contribution in [-0.4, -0.2) is 30.2 Å². The van der Waals surface area contributed by atoms with Crippen LogP contribution in [0.2, 0.25) is 0 Å². The van der Waals surface area contributed by atoms with Gasteiger partial charge in [0.15, 0.2) is 0 Å². The van der Waals surface area contributed by atoms with Crippen molar-refractivity contribution in [2.24, 2.45) is 17.6 Å². The number of nitrogens with two attached hydrogens (primary N) is 1. The quantitative estimate of drug-likeness (QED) is 0.580. The van der Waals surface area contributed by atoms with Crippen LogP contribution >= 0.6 is 0 Å². The van der Waals surface area contributed by atoms with E-state index in [2.05, 4.69) is 5.32 Å². The van der Waals surface area contributed by atoms with Gasteiger partial charge in [-0.2, -0.15) is 0 Å². The second-order valence-electron chi connectivity index (χ2n) is 4.31. The van der Waals surface area contributed by atoms with Crippen LogP contribution < -0.4 is 11.1 Å². The van der Waals surface area contributed by atoms with E-state index in [0.29, 0.717) is 13.0 Å². The fourth-order valence-electron chi connectivity index (χ4n) is 1.35. The van der Waals surface area contributed by atoms with E-state index in [1.807, 2.05) is 20.8 Å². The highest BCUT2D eigenvalue weighted by Crippen LogP contribution is 2.07. The molecule has 0 saturated heterocycles. The Morgan fingerprint density at radius 3 is 2.40 bits per heavy atom. The van der Waals surface area contributed by atoms with Gasteiger partial charge >= 0.3 is 0 Å². The van der Waals surface area contributed by atoms with Crippen molar-refractivity contribution in [3.63, 3.8) is 0 Å². The third-order valence-corrected chi connectivity index (χ3v) is 2.73. The fraction of sp³-hybridized carbons (Fsp3) is 0.909. The minimum Gasteiger partial charge on any atom is -0.394 e. The molecule has 1 amide bonds. The minimum absolute atomic E-state index is 0.0111. The Kier molecular flexibility index (Phi) is 7.34. The molecule has 90 valence electrons. The van der Waals surface area contributed by atoms with E-state index in [0.717, 1.165) is 6.42 Å². The summed E-state index contributed by atoms with van der Waals surface area (Å²) >= 11 is 0. The van der Waals surface area contributed by atoms with E-state index in [1.165, 1.54) is 0 Å². The number of hydrogen-bond donors (Lipinski definition) is 3. The smallest absolute Gasteiger partial charge is 0.220 e. The first kappa shape index (κ1) is 14.4. The maximum atomic E-state index is 11.6. The number of aliphatic hydroxyl groups is 1. The highest BCUT2D eigenvalue weighted by Gasteiger charge is 2.17. The van der Waals surface area contributed by atoms with Gasteiger partial charge in [0.05, 0.1) is 12.6 Å². The van der Waals surface area contributed by atoms with Crippen LogP contribution in [0.3, 0.4) is 0 Å². The zero-order valence-electron chi connectivity index (χ0n) is 9.99. The van der Waals surface area contributed by atoms with Gasteiger partial charge in [-0.1, -0.05) is 27.2 Å². The van der Waals surface area contributed by atoms with Gasteiger partial charge in [-0.25, -0.2) is 0 Å². The van der Waals surface area contributed by atoms with Crippen LogP contribution in [-0.2, 0) is 4.79 Å². The van der Waals surface area contributed by atoms with Crippen molar-refractivity contribution < 1.29 is 9.90 Å². The SMILES string of the molecule is CCC(CN)CC(=O)NC(CO)C(C)C. The maximum Gasteiger partial charge on any atom is 0.220 e. The van der Waals surface area contributed by atoms with Gasteiger partial charge in [0.25, 0.3) is 0 Å². The Morgan fingerprint density at radius 1 is 1.47 bits per heavy atom. The predicted octanol–water partition coefficient (Wildman–Crippen LogP) is 0.495. The molecule has 4 nitrogen and oxygen atoms in total. The molecule has 0 aliphatic heterocycles. The first-order chi connectivity index (χ1) is 7.04. The van der Waals surface area contributed by atoms with Gasteiger partial charge in [-0.05, 0) is 18.4 Å². The predicted molar refractivity (Wildman–Crippen MR) is 61.3 cm³/mol. The van der Waals surface area contributed by atoms with Crippen molar-refractivity contribution >= 4 is 5.91 Å². The number of carbonyl (C=O) groups excluding carboxylic acids is 1. The molecule has 0 heterocycles. The molecule has 0 radical (unpaired) electrons. The summed E-state index contributed by atoms with van der Waals surface area (Å²) in [6.07, 6.45) is 1.37. The van der Waals surface area contributed by atoms with Crippen LogP contribution in [0.15, 0.2) is 0 Å². The van der Waals surface area contributed by atoms with Gasteiger partial charge in [-0.15, -0.1) is 0 Å². The van der Waals surface area contributed by atoms with Crippen molar-refractivity contribution in [1.82, 2.24) is 5.32 Å². The largest absolute Gasteiger partial charge is 0.394 e. The molecule has 2 unspecified atom stereocenters. The summed E-state index contributed by atoms with van der Waals surface area (Å²) < 4.78 is 0. The molecular weight excluding hydrogens is 192 g/mol. The van der Waals surface area contributed by atoms with E-state index in [1.54, 1.807) is 0 Å². The molecule has 0 aliphatic rings. The average Bonchev–Trinajstić information content (AvgIpc) is 2.22. The summed E-state index contributed by atoms with van der Waals surface area (Å²) in [6.45, 7) is 6.50. The summed E-state index contributed by atoms with van der Waals surface area (Å²) in [7, 11) is 0. The number of amides is 1. The standard InChI is InChI=1S/C11H24N2O2/c1-4-9(6-12)5-11(15)13-10(7-14)8(2)3/h8-10,14H,4-7,12H2,1-3H3,(H,13,15). The molecule has 15 heavy (non-hydrogen) atoms. The Morgan fingerprint density at radius 2 is 2.07 bits per heavy atom. The molecule has 0 fully saturated rings. The summed E-state index contributed by atoms with van der Waals surface area (Å²) in [4.78, 5) is 11.6. The summed E-state index contributed by atoms with van der Waals surface area (Å²) in [5.41, 5.74) is 5.53.